The Morgan fingerprint density at radius 2 is 1.75 bits per heavy atom. The molecule has 1 heterocycles. The molecule has 0 unspecified atom stereocenters. The minimum Gasteiger partial charge on any atom is -0.433 e. The van der Waals surface area contributed by atoms with Gasteiger partial charge in [-0.1, -0.05) is 12.1 Å². The van der Waals surface area contributed by atoms with Crippen LogP contribution >= 0.6 is 0 Å². The summed E-state index contributed by atoms with van der Waals surface area (Å²) >= 11 is 0. The summed E-state index contributed by atoms with van der Waals surface area (Å²) < 4.78 is 29.2. The van der Waals surface area contributed by atoms with E-state index in [9.17, 15) is 18.4 Å². The fourth-order valence-corrected chi connectivity index (χ4v) is 2.95. The van der Waals surface area contributed by atoms with E-state index in [1.165, 1.54) is 12.1 Å². The molecule has 2 amide bonds. The molecular formula is C17H20F2N2O3. The zero-order valence-electron chi connectivity index (χ0n) is 13.2. The number of ether oxygens (including phenoxy) is 1. The second-order valence-corrected chi connectivity index (χ2v) is 6.24. The standard InChI is InChI=1S/C17H20F2N2O3/c18-17(19)24-14-4-2-1-3-13(14)20-15(22)11-7-9-21(10-8-11)16(23)12-5-6-12/h1-4,11-12,17H,5-10H2,(H,20,22). The molecule has 7 heteroatoms. The van der Waals surface area contributed by atoms with Gasteiger partial charge in [-0.2, -0.15) is 8.78 Å². The maximum atomic E-state index is 12.4. The van der Waals surface area contributed by atoms with E-state index in [1.54, 1.807) is 12.1 Å². The second-order valence-electron chi connectivity index (χ2n) is 6.24. The Bertz CT molecular complexity index is 612. The van der Waals surface area contributed by atoms with Crippen molar-refractivity contribution in [2.24, 2.45) is 11.8 Å². The van der Waals surface area contributed by atoms with Gasteiger partial charge < -0.3 is 15.0 Å². The molecule has 0 spiro atoms. The van der Waals surface area contributed by atoms with E-state index in [1.807, 2.05) is 4.90 Å². The van der Waals surface area contributed by atoms with Gasteiger partial charge in [0.2, 0.25) is 11.8 Å². The highest BCUT2D eigenvalue weighted by Crippen LogP contribution is 2.33. The van der Waals surface area contributed by atoms with Crippen LogP contribution in [-0.2, 0) is 9.59 Å². The van der Waals surface area contributed by atoms with Crippen molar-refractivity contribution in [1.82, 2.24) is 4.90 Å². The molecule has 0 atom stereocenters. The quantitative estimate of drug-likeness (QED) is 0.898. The molecule has 1 saturated carbocycles. The molecule has 1 aliphatic heterocycles. The molecule has 0 radical (unpaired) electrons. The number of carbonyl (C=O) groups is 2. The Kier molecular flexibility index (Phi) is 4.97. The molecule has 1 aromatic carbocycles. The van der Waals surface area contributed by atoms with Crippen molar-refractivity contribution >= 4 is 17.5 Å². The van der Waals surface area contributed by atoms with Gasteiger partial charge in [0.25, 0.3) is 0 Å². The van der Waals surface area contributed by atoms with Gasteiger partial charge in [0.1, 0.15) is 5.75 Å². The Hall–Kier alpha value is -2.18. The number of nitrogens with zero attached hydrogens (tertiary/aromatic N) is 1. The molecule has 2 fully saturated rings. The lowest BCUT2D eigenvalue weighted by Gasteiger charge is -2.31. The molecule has 1 aliphatic carbocycles. The molecule has 5 nitrogen and oxygen atoms in total. The first-order valence-electron chi connectivity index (χ1n) is 8.18. The van der Waals surface area contributed by atoms with E-state index in [-0.39, 0.29) is 35.1 Å². The summed E-state index contributed by atoms with van der Waals surface area (Å²) in [6.07, 6.45) is 3.12. The van der Waals surface area contributed by atoms with Crippen molar-refractivity contribution in [2.45, 2.75) is 32.3 Å². The Morgan fingerprint density at radius 3 is 2.38 bits per heavy atom. The van der Waals surface area contributed by atoms with Gasteiger partial charge in [0.15, 0.2) is 0 Å². The maximum Gasteiger partial charge on any atom is 0.387 e. The monoisotopic (exact) mass is 338 g/mol. The van der Waals surface area contributed by atoms with Crippen molar-refractivity contribution in [2.75, 3.05) is 18.4 Å². The summed E-state index contributed by atoms with van der Waals surface area (Å²) in [7, 11) is 0. The number of amides is 2. The number of likely N-dealkylation sites (tertiary alicyclic amines) is 1. The van der Waals surface area contributed by atoms with E-state index in [0.717, 1.165) is 12.8 Å². The highest BCUT2D eigenvalue weighted by Gasteiger charge is 2.36. The fourth-order valence-electron chi connectivity index (χ4n) is 2.95. The van der Waals surface area contributed by atoms with E-state index in [0.29, 0.717) is 25.9 Å². The van der Waals surface area contributed by atoms with Crippen LogP contribution in [-0.4, -0.2) is 36.4 Å². The molecule has 1 N–H and O–H groups in total. The van der Waals surface area contributed by atoms with Crippen molar-refractivity contribution in [3.8, 4) is 5.75 Å². The first kappa shape index (κ1) is 16.7. The average molecular weight is 338 g/mol. The summed E-state index contributed by atoms with van der Waals surface area (Å²) in [4.78, 5) is 26.2. The Balaban J connectivity index is 1.55. The van der Waals surface area contributed by atoms with Gasteiger partial charge in [-0.05, 0) is 37.8 Å². The van der Waals surface area contributed by atoms with Crippen LogP contribution in [0.2, 0.25) is 0 Å². The Morgan fingerprint density at radius 1 is 1.08 bits per heavy atom. The van der Waals surface area contributed by atoms with E-state index < -0.39 is 6.61 Å². The highest BCUT2D eigenvalue weighted by molar-refractivity contribution is 5.94. The number of alkyl halides is 2. The van der Waals surface area contributed by atoms with Crippen molar-refractivity contribution in [1.29, 1.82) is 0 Å². The lowest BCUT2D eigenvalue weighted by atomic mass is 9.95. The van der Waals surface area contributed by atoms with Crippen molar-refractivity contribution in [3.63, 3.8) is 0 Å². The number of halogens is 2. The minimum absolute atomic E-state index is 0.0535. The smallest absolute Gasteiger partial charge is 0.387 e. The van der Waals surface area contributed by atoms with E-state index >= 15 is 0 Å². The molecule has 0 aromatic heterocycles. The topological polar surface area (TPSA) is 58.6 Å². The number of rotatable bonds is 5. The normalized spacial score (nSPS) is 18.5. The molecular weight excluding hydrogens is 318 g/mol. The number of hydrogen-bond acceptors (Lipinski definition) is 3. The number of benzene rings is 1. The van der Waals surface area contributed by atoms with Crippen LogP contribution in [0, 0.1) is 11.8 Å². The minimum atomic E-state index is -2.94. The molecule has 1 aromatic rings. The molecule has 0 bridgehead atoms. The zero-order valence-corrected chi connectivity index (χ0v) is 13.2. The third kappa shape index (κ3) is 4.01. The largest absolute Gasteiger partial charge is 0.433 e. The molecule has 1 saturated heterocycles. The first-order valence-corrected chi connectivity index (χ1v) is 8.18. The van der Waals surface area contributed by atoms with Crippen LogP contribution in [0.1, 0.15) is 25.7 Å². The van der Waals surface area contributed by atoms with Gasteiger partial charge in [0.05, 0.1) is 5.69 Å². The number of anilines is 1. The number of piperidine rings is 1. The van der Waals surface area contributed by atoms with Gasteiger partial charge in [-0.15, -0.1) is 0 Å². The number of carbonyl (C=O) groups excluding carboxylic acids is 2. The number of hydrogen-bond donors (Lipinski definition) is 1. The molecule has 130 valence electrons. The number of para-hydroxylation sites is 2. The van der Waals surface area contributed by atoms with Gasteiger partial charge >= 0.3 is 6.61 Å². The SMILES string of the molecule is O=C(Nc1ccccc1OC(F)F)C1CCN(C(=O)C2CC2)CC1. The third-order valence-corrected chi connectivity index (χ3v) is 4.46. The lowest BCUT2D eigenvalue weighted by Crippen LogP contribution is -2.42. The predicted octanol–water partition coefficient (Wildman–Crippen LogP) is 2.88. The fraction of sp³-hybridized carbons (Fsp3) is 0.529. The zero-order chi connectivity index (χ0) is 17.1. The van der Waals surface area contributed by atoms with E-state index in [4.69, 9.17) is 0 Å². The predicted molar refractivity (Wildman–Crippen MR) is 83.7 cm³/mol. The summed E-state index contributed by atoms with van der Waals surface area (Å²) in [6.45, 7) is -1.80. The highest BCUT2D eigenvalue weighted by atomic mass is 19.3. The molecule has 2 aliphatic rings. The van der Waals surface area contributed by atoms with Crippen LogP contribution in [0.3, 0.4) is 0 Å². The van der Waals surface area contributed by atoms with Gasteiger partial charge in [-0.25, -0.2) is 0 Å². The summed E-state index contributed by atoms with van der Waals surface area (Å²) in [5, 5.41) is 2.66. The average Bonchev–Trinajstić information content (AvgIpc) is 3.40. The molecule has 24 heavy (non-hydrogen) atoms. The summed E-state index contributed by atoms with van der Waals surface area (Å²) in [6, 6.07) is 6.13. The lowest BCUT2D eigenvalue weighted by molar-refractivity contribution is -0.135. The van der Waals surface area contributed by atoms with Crippen LogP contribution < -0.4 is 10.1 Å². The van der Waals surface area contributed by atoms with E-state index in [2.05, 4.69) is 10.1 Å². The Labute approximate surface area is 139 Å². The van der Waals surface area contributed by atoms with Crippen molar-refractivity contribution in [3.05, 3.63) is 24.3 Å². The van der Waals surface area contributed by atoms with Gasteiger partial charge in [-0.3, -0.25) is 9.59 Å². The van der Waals surface area contributed by atoms with Crippen LogP contribution in [0.15, 0.2) is 24.3 Å². The van der Waals surface area contributed by atoms with Crippen LogP contribution in [0.5, 0.6) is 5.75 Å². The second kappa shape index (κ2) is 7.15. The van der Waals surface area contributed by atoms with Crippen molar-refractivity contribution < 1.29 is 23.1 Å². The number of nitrogens with one attached hydrogen (secondary N) is 1. The van der Waals surface area contributed by atoms with Gasteiger partial charge in [0, 0.05) is 24.9 Å². The first-order chi connectivity index (χ1) is 11.5. The van der Waals surface area contributed by atoms with Crippen LogP contribution in [0.25, 0.3) is 0 Å². The van der Waals surface area contributed by atoms with Crippen LogP contribution in [0.4, 0.5) is 14.5 Å². The maximum absolute atomic E-state index is 12.4. The summed E-state index contributed by atoms with van der Waals surface area (Å²) in [5.41, 5.74) is 0.235. The third-order valence-electron chi connectivity index (χ3n) is 4.46. The molecule has 3 rings (SSSR count). The summed E-state index contributed by atoms with van der Waals surface area (Å²) in [5.74, 6) is -0.118.